The summed E-state index contributed by atoms with van der Waals surface area (Å²) >= 11 is 0. The molecule has 0 bridgehead atoms. The fraction of sp³-hybridized carbons (Fsp3) is 0.647. The van der Waals surface area contributed by atoms with E-state index in [1.165, 1.54) is 5.56 Å². The summed E-state index contributed by atoms with van der Waals surface area (Å²) in [5.41, 5.74) is 1.24. The largest absolute Gasteiger partial charge is 0.494 e. The van der Waals surface area contributed by atoms with Gasteiger partial charge in [-0.3, -0.25) is 0 Å². The Morgan fingerprint density at radius 1 is 1.38 bits per heavy atom. The average Bonchev–Trinajstić information content (AvgIpc) is 2.94. The van der Waals surface area contributed by atoms with Gasteiger partial charge in [0.15, 0.2) is 0 Å². The quantitative estimate of drug-likeness (QED) is 0.905. The summed E-state index contributed by atoms with van der Waals surface area (Å²) in [6, 6.07) is 8.83. The van der Waals surface area contributed by atoms with Crippen LogP contribution in [0.25, 0.3) is 0 Å². The van der Waals surface area contributed by atoms with Gasteiger partial charge in [-0.1, -0.05) is 12.1 Å². The second-order valence-corrected chi connectivity index (χ2v) is 5.99. The van der Waals surface area contributed by atoms with Gasteiger partial charge in [0.1, 0.15) is 5.75 Å². The summed E-state index contributed by atoms with van der Waals surface area (Å²) in [4.78, 5) is 0. The van der Waals surface area contributed by atoms with E-state index in [0.717, 1.165) is 51.4 Å². The second-order valence-electron chi connectivity index (χ2n) is 5.99. The van der Waals surface area contributed by atoms with Gasteiger partial charge in [0.2, 0.25) is 0 Å². The summed E-state index contributed by atoms with van der Waals surface area (Å²) in [6.45, 7) is 6.02. The van der Waals surface area contributed by atoms with E-state index in [0.29, 0.717) is 12.6 Å². The standard InChI is InChI=1S/C17H25NO3/c1-2-20-16-5-3-4-14(10-16)12-18-15-6-8-21-17(11-15)7-9-19-13-17/h3-5,10,15,18H,2,6-9,11-13H2,1H3. The molecule has 2 atom stereocenters. The van der Waals surface area contributed by atoms with Gasteiger partial charge in [0, 0.05) is 32.2 Å². The van der Waals surface area contributed by atoms with Crippen molar-refractivity contribution >= 4 is 0 Å². The highest BCUT2D eigenvalue weighted by Gasteiger charge is 2.40. The van der Waals surface area contributed by atoms with Gasteiger partial charge >= 0.3 is 0 Å². The lowest BCUT2D eigenvalue weighted by atomic mass is 9.89. The zero-order chi connectivity index (χ0) is 14.5. The molecule has 0 amide bonds. The fourth-order valence-corrected chi connectivity index (χ4v) is 3.24. The summed E-state index contributed by atoms with van der Waals surface area (Å²) in [6.07, 6.45) is 3.16. The van der Waals surface area contributed by atoms with Gasteiger partial charge < -0.3 is 19.5 Å². The normalized spacial score (nSPS) is 28.9. The first kappa shape index (κ1) is 14.8. The number of rotatable bonds is 5. The Morgan fingerprint density at radius 2 is 2.33 bits per heavy atom. The van der Waals surface area contributed by atoms with E-state index in [1.54, 1.807) is 0 Å². The van der Waals surface area contributed by atoms with Crippen LogP contribution in [-0.2, 0) is 16.0 Å². The highest BCUT2D eigenvalue weighted by molar-refractivity contribution is 5.28. The van der Waals surface area contributed by atoms with Crippen LogP contribution in [0.2, 0.25) is 0 Å². The number of hydrogen-bond acceptors (Lipinski definition) is 4. The number of benzene rings is 1. The van der Waals surface area contributed by atoms with Crippen molar-refractivity contribution in [2.75, 3.05) is 26.4 Å². The van der Waals surface area contributed by atoms with Crippen LogP contribution in [0.3, 0.4) is 0 Å². The maximum absolute atomic E-state index is 5.97. The van der Waals surface area contributed by atoms with Crippen molar-refractivity contribution in [3.05, 3.63) is 29.8 Å². The molecule has 2 aliphatic rings. The van der Waals surface area contributed by atoms with Crippen LogP contribution < -0.4 is 10.1 Å². The highest BCUT2D eigenvalue weighted by Crippen LogP contribution is 2.32. The second kappa shape index (κ2) is 6.77. The Balaban J connectivity index is 1.53. The zero-order valence-electron chi connectivity index (χ0n) is 12.8. The van der Waals surface area contributed by atoms with E-state index in [1.807, 2.05) is 13.0 Å². The molecule has 4 heteroatoms. The Labute approximate surface area is 126 Å². The lowest BCUT2D eigenvalue weighted by Gasteiger charge is -2.37. The van der Waals surface area contributed by atoms with Gasteiger partial charge in [-0.05, 0) is 37.5 Å². The molecule has 4 nitrogen and oxygen atoms in total. The number of ether oxygens (including phenoxy) is 3. The molecule has 0 aromatic heterocycles. The zero-order valence-corrected chi connectivity index (χ0v) is 12.8. The van der Waals surface area contributed by atoms with E-state index in [4.69, 9.17) is 14.2 Å². The summed E-state index contributed by atoms with van der Waals surface area (Å²) in [5.74, 6) is 0.949. The Morgan fingerprint density at radius 3 is 3.14 bits per heavy atom. The van der Waals surface area contributed by atoms with E-state index in [2.05, 4.69) is 23.5 Å². The lowest BCUT2D eigenvalue weighted by molar-refractivity contribution is -0.0894. The SMILES string of the molecule is CCOc1cccc(CNC2CCOC3(CCOC3)C2)c1. The molecule has 1 aromatic rings. The Hall–Kier alpha value is -1.10. The van der Waals surface area contributed by atoms with Crippen LogP contribution in [0, 0.1) is 0 Å². The monoisotopic (exact) mass is 291 g/mol. The molecule has 1 spiro atoms. The maximum Gasteiger partial charge on any atom is 0.119 e. The van der Waals surface area contributed by atoms with E-state index in [9.17, 15) is 0 Å². The highest BCUT2D eigenvalue weighted by atomic mass is 16.6. The van der Waals surface area contributed by atoms with Crippen LogP contribution in [0.1, 0.15) is 31.7 Å². The van der Waals surface area contributed by atoms with Gasteiger partial charge in [0.25, 0.3) is 0 Å². The van der Waals surface area contributed by atoms with E-state index in [-0.39, 0.29) is 5.60 Å². The summed E-state index contributed by atoms with van der Waals surface area (Å²) in [7, 11) is 0. The number of hydrogen-bond donors (Lipinski definition) is 1. The van der Waals surface area contributed by atoms with Crippen molar-refractivity contribution < 1.29 is 14.2 Å². The molecule has 0 aliphatic carbocycles. The summed E-state index contributed by atoms with van der Waals surface area (Å²) in [5, 5.41) is 3.67. The van der Waals surface area contributed by atoms with Crippen LogP contribution in [-0.4, -0.2) is 38.1 Å². The third-order valence-electron chi connectivity index (χ3n) is 4.36. The fourth-order valence-electron chi connectivity index (χ4n) is 3.24. The smallest absolute Gasteiger partial charge is 0.119 e. The van der Waals surface area contributed by atoms with Crippen LogP contribution in [0.4, 0.5) is 0 Å². The predicted octanol–water partition coefficient (Wildman–Crippen LogP) is 2.51. The maximum atomic E-state index is 5.97. The lowest BCUT2D eigenvalue weighted by Crippen LogP contribution is -2.47. The molecule has 2 saturated heterocycles. The van der Waals surface area contributed by atoms with Crippen molar-refractivity contribution in [2.45, 2.75) is 44.4 Å². The first-order chi connectivity index (χ1) is 10.3. The first-order valence-electron chi connectivity index (χ1n) is 7.96. The van der Waals surface area contributed by atoms with Crippen LogP contribution in [0.5, 0.6) is 5.75 Å². The van der Waals surface area contributed by atoms with Crippen molar-refractivity contribution in [1.82, 2.24) is 5.32 Å². The van der Waals surface area contributed by atoms with Gasteiger partial charge in [-0.15, -0.1) is 0 Å². The molecule has 3 rings (SSSR count). The van der Waals surface area contributed by atoms with E-state index >= 15 is 0 Å². The molecule has 2 fully saturated rings. The van der Waals surface area contributed by atoms with Gasteiger partial charge in [0.05, 0.1) is 18.8 Å². The molecule has 116 valence electrons. The molecule has 1 aromatic carbocycles. The van der Waals surface area contributed by atoms with Gasteiger partial charge in [-0.2, -0.15) is 0 Å². The average molecular weight is 291 g/mol. The predicted molar refractivity (Wildman–Crippen MR) is 81.6 cm³/mol. The van der Waals surface area contributed by atoms with Crippen LogP contribution >= 0.6 is 0 Å². The van der Waals surface area contributed by atoms with Crippen molar-refractivity contribution in [2.24, 2.45) is 0 Å². The third kappa shape index (κ3) is 3.76. The molecule has 0 radical (unpaired) electrons. The Bertz CT molecular complexity index is 457. The van der Waals surface area contributed by atoms with Crippen molar-refractivity contribution in [3.8, 4) is 5.75 Å². The molecule has 2 unspecified atom stereocenters. The molecule has 0 saturated carbocycles. The molecule has 2 heterocycles. The van der Waals surface area contributed by atoms with Crippen LogP contribution in [0.15, 0.2) is 24.3 Å². The topological polar surface area (TPSA) is 39.7 Å². The minimum absolute atomic E-state index is 0.0247. The molecular weight excluding hydrogens is 266 g/mol. The number of nitrogens with one attached hydrogen (secondary N) is 1. The molecule has 21 heavy (non-hydrogen) atoms. The first-order valence-corrected chi connectivity index (χ1v) is 7.96. The Kier molecular flexibility index (Phi) is 4.78. The third-order valence-corrected chi connectivity index (χ3v) is 4.36. The van der Waals surface area contributed by atoms with Gasteiger partial charge in [-0.25, -0.2) is 0 Å². The summed E-state index contributed by atoms with van der Waals surface area (Å²) < 4.78 is 17.0. The van der Waals surface area contributed by atoms with Crippen molar-refractivity contribution in [3.63, 3.8) is 0 Å². The minimum atomic E-state index is -0.0247. The minimum Gasteiger partial charge on any atom is -0.494 e. The molecular formula is C17H25NO3. The molecule has 1 N–H and O–H groups in total. The molecule has 2 aliphatic heterocycles. The van der Waals surface area contributed by atoms with E-state index < -0.39 is 0 Å². The van der Waals surface area contributed by atoms with Crippen molar-refractivity contribution in [1.29, 1.82) is 0 Å².